The van der Waals surface area contributed by atoms with E-state index in [2.05, 4.69) is 18.3 Å². The van der Waals surface area contributed by atoms with E-state index in [0.29, 0.717) is 6.79 Å². The van der Waals surface area contributed by atoms with Crippen LogP contribution >= 0.6 is 0 Å². The summed E-state index contributed by atoms with van der Waals surface area (Å²) in [6.45, 7) is 3.17. The van der Waals surface area contributed by atoms with E-state index < -0.39 is 0 Å². The number of hydrogen-bond acceptors (Lipinski definition) is 3. The maximum atomic E-state index is 5.43. The number of nitrogens with one attached hydrogen (secondary N) is 1. The SMILES string of the molecule is CNCc1cc(C)ccc1OCOC. The molecular weight excluding hydrogens is 178 g/mol. The van der Waals surface area contributed by atoms with Crippen molar-refractivity contribution in [2.45, 2.75) is 13.5 Å². The van der Waals surface area contributed by atoms with Gasteiger partial charge in [-0.15, -0.1) is 0 Å². The second-order valence-electron chi connectivity index (χ2n) is 3.19. The molecule has 0 radical (unpaired) electrons. The molecule has 0 spiro atoms. The van der Waals surface area contributed by atoms with Crippen molar-refractivity contribution >= 4 is 0 Å². The molecule has 78 valence electrons. The zero-order valence-corrected chi connectivity index (χ0v) is 8.96. The summed E-state index contributed by atoms with van der Waals surface area (Å²) >= 11 is 0. The van der Waals surface area contributed by atoms with E-state index in [1.807, 2.05) is 19.2 Å². The summed E-state index contributed by atoms with van der Waals surface area (Å²) < 4.78 is 10.3. The summed E-state index contributed by atoms with van der Waals surface area (Å²) in [6.07, 6.45) is 0. The van der Waals surface area contributed by atoms with Crippen LogP contribution in [-0.4, -0.2) is 21.0 Å². The molecule has 0 saturated carbocycles. The third kappa shape index (κ3) is 3.01. The van der Waals surface area contributed by atoms with Crippen LogP contribution in [0.2, 0.25) is 0 Å². The molecule has 1 rings (SSSR count). The molecule has 1 N–H and O–H groups in total. The van der Waals surface area contributed by atoms with Crippen molar-refractivity contribution in [2.24, 2.45) is 0 Å². The minimum atomic E-state index is 0.291. The molecule has 0 atom stereocenters. The topological polar surface area (TPSA) is 30.5 Å². The molecule has 0 heterocycles. The highest BCUT2D eigenvalue weighted by molar-refractivity contribution is 5.36. The first kappa shape index (κ1) is 11.0. The Balaban J connectivity index is 2.78. The number of benzene rings is 1. The average molecular weight is 195 g/mol. The fourth-order valence-corrected chi connectivity index (χ4v) is 1.30. The molecule has 3 heteroatoms. The number of ether oxygens (including phenoxy) is 2. The van der Waals surface area contributed by atoms with Crippen molar-refractivity contribution in [1.82, 2.24) is 5.32 Å². The second kappa shape index (κ2) is 5.62. The van der Waals surface area contributed by atoms with Crippen molar-refractivity contribution in [3.63, 3.8) is 0 Å². The lowest BCUT2D eigenvalue weighted by Crippen LogP contribution is -2.08. The molecule has 0 amide bonds. The van der Waals surface area contributed by atoms with Gasteiger partial charge in [-0.05, 0) is 20.0 Å². The van der Waals surface area contributed by atoms with Crippen molar-refractivity contribution in [1.29, 1.82) is 0 Å². The highest BCUT2D eigenvalue weighted by Crippen LogP contribution is 2.19. The predicted molar refractivity (Wildman–Crippen MR) is 56.4 cm³/mol. The molecule has 0 aromatic heterocycles. The van der Waals surface area contributed by atoms with Crippen LogP contribution in [-0.2, 0) is 11.3 Å². The molecule has 0 unspecified atom stereocenters. The molecule has 0 aliphatic carbocycles. The summed E-state index contributed by atoms with van der Waals surface area (Å²) in [5, 5.41) is 3.11. The van der Waals surface area contributed by atoms with Gasteiger partial charge in [0.2, 0.25) is 0 Å². The molecule has 0 bridgehead atoms. The van der Waals surface area contributed by atoms with Crippen molar-refractivity contribution < 1.29 is 9.47 Å². The highest BCUT2D eigenvalue weighted by Gasteiger charge is 2.02. The zero-order chi connectivity index (χ0) is 10.4. The van der Waals surface area contributed by atoms with Gasteiger partial charge in [-0.25, -0.2) is 0 Å². The average Bonchev–Trinajstić information content (AvgIpc) is 2.17. The Morgan fingerprint density at radius 3 is 2.79 bits per heavy atom. The Hall–Kier alpha value is -1.06. The Morgan fingerprint density at radius 1 is 1.36 bits per heavy atom. The fraction of sp³-hybridized carbons (Fsp3) is 0.455. The fourth-order valence-electron chi connectivity index (χ4n) is 1.30. The molecule has 0 saturated heterocycles. The Morgan fingerprint density at radius 2 is 2.14 bits per heavy atom. The third-order valence-electron chi connectivity index (χ3n) is 1.92. The molecule has 1 aromatic carbocycles. The van der Waals surface area contributed by atoms with E-state index in [9.17, 15) is 0 Å². The van der Waals surface area contributed by atoms with Gasteiger partial charge in [0, 0.05) is 19.2 Å². The van der Waals surface area contributed by atoms with E-state index in [-0.39, 0.29) is 0 Å². The van der Waals surface area contributed by atoms with Gasteiger partial charge in [0.1, 0.15) is 5.75 Å². The minimum absolute atomic E-state index is 0.291. The van der Waals surface area contributed by atoms with Gasteiger partial charge in [-0.3, -0.25) is 0 Å². The molecule has 14 heavy (non-hydrogen) atoms. The third-order valence-corrected chi connectivity index (χ3v) is 1.92. The van der Waals surface area contributed by atoms with Crippen LogP contribution in [0.25, 0.3) is 0 Å². The van der Waals surface area contributed by atoms with Crippen molar-refractivity contribution in [2.75, 3.05) is 21.0 Å². The van der Waals surface area contributed by atoms with Gasteiger partial charge in [0.15, 0.2) is 6.79 Å². The maximum Gasteiger partial charge on any atom is 0.188 e. The summed E-state index contributed by atoms with van der Waals surface area (Å²) in [5.74, 6) is 0.881. The minimum Gasteiger partial charge on any atom is -0.467 e. The normalized spacial score (nSPS) is 10.2. The molecule has 0 aliphatic rings. The summed E-state index contributed by atoms with van der Waals surface area (Å²) in [5.41, 5.74) is 2.39. The number of aryl methyl sites for hydroxylation is 1. The van der Waals surface area contributed by atoms with Gasteiger partial charge in [0.25, 0.3) is 0 Å². The van der Waals surface area contributed by atoms with Crippen LogP contribution in [0.1, 0.15) is 11.1 Å². The quantitative estimate of drug-likeness (QED) is 0.725. The highest BCUT2D eigenvalue weighted by atomic mass is 16.7. The smallest absolute Gasteiger partial charge is 0.188 e. The number of rotatable bonds is 5. The van der Waals surface area contributed by atoms with Crippen LogP contribution in [0.15, 0.2) is 18.2 Å². The van der Waals surface area contributed by atoms with Crippen molar-refractivity contribution in [3.8, 4) is 5.75 Å². The first-order valence-corrected chi connectivity index (χ1v) is 4.63. The standard InChI is InChI=1S/C11H17NO2/c1-9-4-5-11(14-8-13-3)10(6-9)7-12-2/h4-6,12H,7-8H2,1-3H3. The Labute approximate surface area is 85.0 Å². The van der Waals surface area contributed by atoms with Crippen LogP contribution < -0.4 is 10.1 Å². The van der Waals surface area contributed by atoms with E-state index in [4.69, 9.17) is 9.47 Å². The van der Waals surface area contributed by atoms with Gasteiger partial charge in [0.05, 0.1) is 0 Å². The Kier molecular flexibility index (Phi) is 4.43. The molecule has 1 aromatic rings. The van der Waals surface area contributed by atoms with Gasteiger partial charge in [-0.1, -0.05) is 17.7 Å². The van der Waals surface area contributed by atoms with E-state index in [1.54, 1.807) is 7.11 Å². The van der Waals surface area contributed by atoms with Crippen LogP contribution in [0.5, 0.6) is 5.75 Å². The summed E-state index contributed by atoms with van der Waals surface area (Å²) in [7, 11) is 3.54. The van der Waals surface area contributed by atoms with Crippen molar-refractivity contribution in [3.05, 3.63) is 29.3 Å². The van der Waals surface area contributed by atoms with Gasteiger partial charge < -0.3 is 14.8 Å². The first-order valence-electron chi connectivity index (χ1n) is 4.63. The monoisotopic (exact) mass is 195 g/mol. The first-order chi connectivity index (χ1) is 6.77. The van der Waals surface area contributed by atoms with E-state index >= 15 is 0 Å². The van der Waals surface area contributed by atoms with Crippen LogP contribution in [0.4, 0.5) is 0 Å². The molecular formula is C11H17NO2. The van der Waals surface area contributed by atoms with E-state index in [1.165, 1.54) is 5.56 Å². The molecule has 3 nitrogen and oxygen atoms in total. The molecule has 0 aliphatic heterocycles. The lowest BCUT2D eigenvalue weighted by Gasteiger charge is -2.11. The van der Waals surface area contributed by atoms with Gasteiger partial charge >= 0.3 is 0 Å². The lowest BCUT2D eigenvalue weighted by molar-refractivity contribution is 0.0503. The van der Waals surface area contributed by atoms with Gasteiger partial charge in [-0.2, -0.15) is 0 Å². The predicted octanol–water partition coefficient (Wildman–Crippen LogP) is 1.70. The summed E-state index contributed by atoms with van der Waals surface area (Å²) in [6, 6.07) is 6.12. The molecule has 0 fully saturated rings. The van der Waals surface area contributed by atoms with Crippen LogP contribution in [0, 0.1) is 6.92 Å². The maximum absolute atomic E-state index is 5.43. The zero-order valence-electron chi connectivity index (χ0n) is 8.96. The Bertz CT molecular complexity index is 287. The number of methoxy groups -OCH3 is 1. The van der Waals surface area contributed by atoms with E-state index in [0.717, 1.165) is 17.9 Å². The van der Waals surface area contributed by atoms with Crippen LogP contribution in [0.3, 0.4) is 0 Å². The number of hydrogen-bond donors (Lipinski definition) is 1. The lowest BCUT2D eigenvalue weighted by atomic mass is 10.1. The second-order valence-corrected chi connectivity index (χ2v) is 3.19. The summed E-state index contributed by atoms with van der Waals surface area (Å²) in [4.78, 5) is 0. The largest absolute Gasteiger partial charge is 0.467 e.